The topological polar surface area (TPSA) is 81.0 Å². The molecule has 0 saturated heterocycles. The van der Waals surface area contributed by atoms with Crippen LogP contribution in [0.2, 0.25) is 5.02 Å². The SMILES string of the molecule is CC(CNc1ncc(Cl)cc1[N+](=O)[O-])c1nccs1. The molecule has 0 aliphatic heterocycles. The van der Waals surface area contributed by atoms with Gasteiger partial charge in [0, 0.05) is 36.3 Å². The van der Waals surface area contributed by atoms with Gasteiger partial charge in [-0.2, -0.15) is 0 Å². The molecule has 6 nitrogen and oxygen atoms in total. The van der Waals surface area contributed by atoms with Crippen LogP contribution in [0.1, 0.15) is 17.8 Å². The van der Waals surface area contributed by atoms with Gasteiger partial charge in [0.25, 0.3) is 0 Å². The van der Waals surface area contributed by atoms with Crippen molar-refractivity contribution in [1.29, 1.82) is 0 Å². The molecule has 0 saturated carbocycles. The highest BCUT2D eigenvalue weighted by Gasteiger charge is 2.17. The molecule has 8 heteroatoms. The highest BCUT2D eigenvalue weighted by Crippen LogP contribution is 2.26. The lowest BCUT2D eigenvalue weighted by Crippen LogP contribution is -2.12. The number of thiazole rings is 1. The van der Waals surface area contributed by atoms with Crippen LogP contribution in [0, 0.1) is 10.1 Å². The Labute approximate surface area is 118 Å². The van der Waals surface area contributed by atoms with Crippen molar-refractivity contribution >= 4 is 34.4 Å². The van der Waals surface area contributed by atoms with Crippen molar-refractivity contribution in [2.45, 2.75) is 12.8 Å². The van der Waals surface area contributed by atoms with E-state index in [-0.39, 0.29) is 22.4 Å². The molecule has 1 atom stereocenters. The minimum absolute atomic E-state index is 0.126. The Balaban J connectivity index is 2.09. The zero-order valence-corrected chi connectivity index (χ0v) is 11.6. The molecule has 1 N–H and O–H groups in total. The van der Waals surface area contributed by atoms with Crippen molar-refractivity contribution in [1.82, 2.24) is 9.97 Å². The third-order valence-corrected chi connectivity index (χ3v) is 3.69. The Morgan fingerprint density at radius 2 is 2.37 bits per heavy atom. The number of nitrogens with one attached hydrogen (secondary N) is 1. The molecule has 0 aromatic carbocycles. The van der Waals surface area contributed by atoms with Gasteiger partial charge in [0.1, 0.15) is 0 Å². The first-order valence-corrected chi connectivity index (χ1v) is 6.77. The Kier molecular flexibility index (Phi) is 4.28. The van der Waals surface area contributed by atoms with Crippen LogP contribution in [-0.4, -0.2) is 21.4 Å². The Morgan fingerprint density at radius 3 is 3.00 bits per heavy atom. The van der Waals surface area contributed by atoms with E-state index in [2.05, 4.69) is 15.3 Å². The molecule has 0 radical (unpaired) electrons. The van der Waals surface area contributed by atoms with Crippen LogP contribution in [0.4, 0.5) is 11.5 Å². The van der Waals surface area contributed by atoms with E-state index in [9.17, 15) is 10.1 Å². The van der Waals surface area contributed by atoms with Crippen LogP contribution in [0.25, 0.3) is 0 Å². The maximum absolute atomic E-state index is 10.9. The minimum atomic E-state index is -0.505. The van der Waals surface area contributed by atoms with E-state index < -0.39 is 4.92 Å². The second-order valence-electron chi connectivity index (χ2n) is 3.93. The molecule has 0 fully saturated rings. The average molecular weight is 299 g/mol. The van der Waals surface area contributed by atoms with Crippen LogP contribution in [0.5, 0.6) is 0 Å². The summed E-state index contributed by atoms with van der Waals surface area (Å²) in [5.41, 5.74) is -0.126. The second kappa shape index (κ2) is 5.94. The van der Waals surface area contributed by atoms with Crippen LogP contribution in [-0.2, 0) is 0 Å². The Bertz CT molecular complexity index is 576. The molecular formula is C11H11ClN4O2S. The predicted octanol–water partition coefficient (Wildman–Crippen LogP) is 3.32. The highest BCUT2D eigenvalue weighted by molar-refractivity contribution is 7.09. The fourth-order valence-electron chi connectivity index (χ4n) is 1.52. The first kappa shape index (κ1) is 13.7. The van der Waals surface area contributed by atoms with Crippen LogP contribution in [0.15, 0.2) is 23.8 Å². The van der Waals surface area contributed by atoms with E-state index in [4.69, 9.17) is 11.6 Å². The number of aromatic nitrogens is 2. The van der Waals surface area contributed by atoms with Gasteiger partial charge in [0.05, 0.1) is 15.0 Å². The van der Waals surface area contributed by atoms with Gasteiger partial charge in [-0.1, -0.05) is 18.5 Å². The largest absolute Gasteiger partial charge is 0.364 e. The first-order valence-electron chi connectivity index (χ1n) is 5.51. The highest BCUT2D eigenvalue weighted by atomic mass is 35.5. The maximum Gasteiger partial charge on any atom is 0.312 e. The van der Waals surface area contributed by atoms with E-state index in [1.54, 1.807) is 17.5 Å². The quantitative estimate of drug-likeness (QED) is 0.676. The number of halogens is 1. The molecule has 0 amide bonds. The molecular weight excluding hydrogens is 288 g/mol. The van der Waals surface area contributed by atoms with Crippen LogP contribution >= 0.6 is 22.9 Å². The molecule has 0 spiro atoms. The minimum Gasteiger partial charge on any atom is -0.364 e. The Morgan fingerprint density at radius 1 is 1.58 bits per heavy atom. The molecule has 2 heterocycles. The Hall–Kier alpha value is -1.73. The lowest BCUT2D eigenvalue weighted by Gasteiger charge is -2.10. The second-order valence-corrected chi connectivity index (χ2v) is 5.29. The average Bonchev–Trinajstić information content (AvgIpc) is 2.90. The number of hydrogen-bond acceptors (Lipinski definition) is 6. The van der Waals surface area contributed by atoms with Crippen molar-refractivity contribution in [3.05, 3.63) is 44.0 Å². The van der Waals surface area contributed by atoms with Crippen molar-refractivity contribution in [2.75, 3.05) is 11.9 Å². The summed E-state index contributed by atoms with van der Waals surface area (Å²) in [4.78, 5) is 18.6. The fraction of sp³-hybridized carbons (Fsp3) is 0.273. The third-order valence-electron chi connectivity index (χ3n) is 2.48. The van der Waals surface area contributed by atoms with Gasteiger partial charge >= 0.3 is 5.69 Å². The van der Waals surface area contributed by atoms with Gasteiger partial charge in [0.2, 0.25) is 5.82 Å². The standard InChI is InChI=1S/C11H11ClN4O2S/c1-7(11-13-2-3-19-11)5-14-10-9(16(17)18)4-8(12)6-15-10/h2-4,6-7H,5H2,1H3,(H,14,15). The summed E-state index contributed by atoms with van der Waals surface area (Å²) in [6, 6.07) is 1.28. The lowest BCUT2D eigenvalue weighted by molar-refractivity contribution is -0.384. The zero-order chi connectivity index (χ0) is 13.8. The van der Waals surface area contributed by atoms with Crippen LogP contribution < -0.4 is 5.32 Å². The summed E-state index contributed by atoms with van der Waals surface area (Å²) in [5.74, 6) is 0.370. The smallest absolute Gasteiger partial charge is 0.312 e. The predicted molar refractivity (Wildman–Crippen MR) is 74.9 cm³/mol. The fourth-order valence-corrected chi connectivity index (χ4v) is 2.37. The lowest BCUT2D eigenvalue weighted by atomic mass is 10.2. The molecule has 2 aromatic heterocycles. The number of pyridine rings is 1. The molecule has 0 bridgehead atoms. The van der Waals surface area contributed by atoms with Gasteiger partial charge in [-0.25, -0.2) is 9.97 Å². The van der Waals surface area contributed by atoms with Gasteiger partial charge in [-0.15, -0.1) is 11.3 Å². The van der Waals surface area contributed by atoms with E-state index in [0.717, 1.165) is 5.01 Å². The van der Waals surface area contributed by atoms with Crippen molar-refractivity contribution < 1.29 is 4.92 Å². The summed E-state index contributed by atoms with van der Waals surface area (Å²) in [6.07, 6.45) is 3.12. The molecule has 2 rings (SSSR count). The van der Waals surface area contributed by atoms with E-state index in [1.165, 1.54) is 12.3 Å². The molecule has 100 valence electrons. The summed E-state index contributed by atoms with van der Waals surface area (Å²) in [7, 11) is 0. The molecule has 2 aromatic rings. The third kappa shape index (κ3) is 3.39. The summed E-state index contributed by atoms with van der Waals surface area (Å²) in [5, 5.41) is 17.0. The number of hydrogen-bond donors (Lipinski definition) is 1. The number of nitro groups is 1. The van der Waals surface area contributed by atoms with Gasteiger partial charge in [0.15, 0.2) is 0 Å². The molecule has 0 aliphatic rings. The van der Waals surface area contributed by atoms with Gasteiger partial charge in [-0.05, 0) is 0 Å². The van der Waals surface area contributed by atoms with Gasteiger partial charge in [-0.3, -0.25) is 10.1 Å². The number of rotatable bonds is 5. The number of anilines is 1. The first-order chi connectivity index (χ1) is 9.08. The van der Waals surface area contributed by atoms with E-state index in [0.29, 0.717) is 6.54 Å². The summed E-state index contributed by atoms with van der Waals surface area (Å²) >= 11 is 7.25. The monoisotopic (exact) mass is 298 g/mol. The van der Waals surface area contributed by atoms with E-state index >= 15 is 0 Å². The molecule has 19 heavy (non-hydrogen) atoms. The molecule has 1 unspecified atom stereocenters. The normalized spacial score (nSPS) is 12.1. The van der Waals surface area contributed by atoms with Crippen molar-refractivity contribution in [3.8, 4) is 0 Å². The zero-order valence-electron chi connectivity index (χ0n) is 10.0. The van der Waals surface area contributed by atoms with Crippen molar-refractivity contribution in [3.63, 3.8) is 0 Å². The van der Waals surface area contributed by atoms with Crippen molar-refractivity contribution in [2.24, 2.45) is 0 Å². The van der Waals surface area contributed by atoms with Gasteiger partial charge < -0.3 is 5.32 Å². The molecule has 0 aliphatic carbocycles. The maximum atomic E-state index is 10.9. The summed E-state index contributed by atoms with van der Waals surface area (Å²) in [6.45, 7) is 2.51. The number of nitrogens with zero attached hydrogens (tertiary/aromatic N) is 3. The van der Waals surface area contributed by atoms with Crippen LogP contribution in [0.3, 0.4) is 0 Å². The summed E-state index contributed by atoms with van der Waals surface area (Å²) < 4.78 is 0. The van der Waals surface area contributed by atoms with E-state index in [1.807, 2.05) is 12.3 Å².